The Morgan fingerprint density at radius 2 is 1.71 bits per heavy atom. The molecule has 0 radical (unpaired) electrons. The molecule has 0 amide bonds. The average molecular weight is 235 g/mol. The summed E-state index contributed by atoms with van der Waals surface area (Å²) in [4.78, 5) is 0. The molecule has 0 saturated heterocycles. The van der Waals surface area contributed by atoms with Gasteiger partial charge in [0.05, 0.1) is 0 Å². The van der Waals surface area contributed by atoms with Crippen molar-refractivity contribution in [3.8, 4) is 0 Å². The van der Waals surface area contributed by atoms with Crippen LogP contribution in [-0.2, 0) is 5.41 Å². The average Bonchev–Trinajstić information content (AvgIpc) is 2.24. The third kappa shape index (κ3) is 2.53. The Labute approximate surface area is 105 Å². The molecule has 0 aromatic heterocycles. The lowest BCUT2D eigenvalue weighted by molar-refractivity contribution is 0.129. The minimum absolute atomic E-state index is 0.160. The Bertz CT molecular complexity index is 340. The topological polar surface area (TPSA) is 46.2 Å². The summed E-state index contributed by atoms with van der Waals surface area (Å²) in [6, 6.07) is 10.3. The summed E-state index contributed by atoms with van der Waals surface area (Å²) >= 11 is 0. The molecule has 0 bridgehead atoms. The number of aliphatic hydroxyl groups is 1. The van der Waals surface area contributed by atoms with Gasteiger partial charge < -0.3 is 10.8 Å². The van der Waals surface area contributed by atoms with E-state index in [0.29, 0.717) is 12.3 Å². The first-order valence-corrected chi connectivity index (χ1v) is 6.31. The van der Waals surface area contributed by atoms with E-state index >= 15 is 0 Å². The van der Waals surface area contributed by atoms with E-state index in [9.17, 15) is 5.11 Å². The van der Waals surface area contributed by atoms with E-state index < -0.39 is 0 Å². The first-order chi connectivity index (χ1) is 7.86. The van der Waals surface area contributed by atoms with E-state index in [2.05, 4.69) is 39.8 Å². The smallest absolute Gasteiger partial charge is 0.0440 e. The van der Waals surface area contributed by atoms with Crippen LogP contribution in [0.5, 0.6) is 0 Å². The van der Waals surface area contributed by atoms with Gasteiger partial charge in [-0.15, -0.1) is 0 Å². The van der Waals surface area contributed by atoms with Crippen LogP contribution in [0.3, 0.4) is 0 Å². The van der Waals surface area contributed by atoms with E-state index in [1.54, 1.807) is 0 Å². The van der Waals surface area contributed by atoms with Crippen LogP contribution in [-0.4, -0.2) is 17.3 Å². The van der Waals surface area contributed by atoms with Crippen LogP contribution < -0.4 is 5.73 Å². The van der Waals surface area contributed by atoms with Crippen LogP contribution in [0.15, 0.2) is 30.3 Å². The first-order valence-electron chi connectivity index (χ1n) is 6.31. The SMILES string of the molecule is CC(C)C(CCO)(c1ccccc1)C(C)(C)N. The van der Waals surface area contributed by atoms with Crippen molar-refractivity contribution in [2.45, 2.75) is 45.1 Å². The van der Waals surface area contributed by atoms with Gasteiger partial charge in [-0.05, 0) is 31.7 Å². The quantitative estimate of drug-likeness (QED) is 0.824. The lowest BCUT2D eigenvalue weighted by Crippen LogP contribution is -2.57. The molecule has 0 spiro atoms. The summed E-state index contributed by atoms with van der Waals surface area (Å²) in [6.07, 6.45) is 0.693. The summed E-state index contributed by atoms with van der Waals surface area (Å²) < 4.78 is 0. The van der Waals surface area contributed by atoms with Crippen LogP contribution in [0.1, 0.15) is 39.7 Å². The van der Waals surface area contributed by atoms with Crippen LogP contribution in [0, 0.1) is 5.92 Å². The van der Waals surface area contributed by atoms with Gasteiger partial charge in [0, 0.05) is 17.6 Å². The Morgan fingerprint density at radius 1 is 1.18 bits per heavy atom. The maximum absolute atomic E-state index is 9.42. The Kier molecular flexibility index (Phi) is 4.34. The van der Waals surface area contributed by atoms with Crippen molar-refractivity contribution in [2.24, 2.45) is 11.7 Å². The zero-order chi connectivity index (χ0) is 13.1. The van der Waals surface area contributed by atoms with Crippen molar-refractivity contribution in [3.05, 3.63) is 35.9 Å². The van der Waals surface area contributed by atoms with Gasteiger partial charge in [0.1, 0.15) is 0 Å². The van der Waals surface area contributed by atoms with Gasteiger partial charge in [0.25, 0.3) is 0 Å². The Morgan fingerprint density at radius 3 is 2.06 bits per heavy atom. The minimum atomic E-state index is -0.370. The largest absolute Gasteiger partial charge is 0.396 e. The van der Waals surface area contributed by atoms with Crippen molar-refractivity contribution >= 4 is 0 Å². The predicted molar refractivity (Wildman–Crippen MR) is 72.9 cm³/mol. The van der Waals surface area contributed by atoms with Crippen LogP contribution in [0.4, 0.5) is 0 Å². The monoisotopic (exact) mass is 235 g/mol. The normalized spacial score (nSPS) is 15.9. The van der Waals surface area contributed by atoms with Gasteiger partial charge in [-0.25, -0.2) is 0 Å². The second-order valence-electron chi connectivity index (χ2n) is 5.69. The zero-order valence-electron chi connectivity index (χ0n) is 11.4. The summed E-state index contributed by atoms with van der Waals surface area (Å²) in [5.41, 5.74) is 7.08. The molecule has 0 aliphatic heterocycles. The number of hydrogen-bond acceptors (Lipinski definition) is 2. The maximum atomic E-state index is 9.42. The van der Waals surface area contributed by atoms with E-state index in [-0.39, 0.29) is 17.6 Å². The molecular formula is C15H25NO. The maximum Gasteiger partial charge on any atom is 0.0440 e. The Hall–Kier alpha value is -0.860. The lowest BCUT2D eigenvalue weighted by atomic mass is 9.59. The van der Waals surface area contributed by atoms with Crippen LogP contribution >= 0.6 is 0 Å². The van der Waals surface area contributed by atoms with Gasteiger partial charge in [0.15, 0.2) is 0 Å². The minimum Gasteiger partial charge on any atom is -0.396 e. The first kappa shape index (κ1) is 14.2. The molecule has 1 rings (SSSR count). The van der Waals surface area contributed by atoms with Gasteiger partial charge >= 0.3 is 0 Å². The standard InChI is InChI=1S/C15H25NO/c1-12(2)15(10-11-17,14(3,4)16)13-8-6-5-7-9-13/h5-9,12,17H,10-11,16H2,1-4H3. The second kappa shape index (κ2) is 5.19. The molecule has 1 unspecified atom stereocenters. The Balaban J connectivity index is 3.36. The number of aliphatic hydroxyl groups excluding tert-OH is 1. The number of rotatable bonds is 5. The van der Waals surface area contributed by atoms with Crippen molar-refractivity contribution in [3.63, 3.8) is 0 Å². The van der Waals surface area contributed by atoms with Crippen molar-refractivity contribution in [1.29, 1.82) is 0 Å². The highest BCUT2D eigenvalue weighted by molar-refractivity contribution is 5.31. The highest BCUT2D eigenvalue weighted by Gasteiger charge is 2.45. The third-order valence-corrected chi connectivity index (χ3v) is 3.93. The zero-order valence-corrected chi connectivity index (χ0v) is 11.4. The summed E-state index contributed by atoms with van der Waals surface area (Å²) in [6.45, 7) is 8.62. The highest BCUT2D eigenvalue weighted by Crippen LogP contribution is 2.43. The predicted octanol–water partition coefficient (Wildman–Crippen LogP) is 2.70. The van der Waals surface area contributed by atoms with E-state index in [1.165, 1.54) is 5.56 Å². The van der Waals surface area contributed by atoms with Gasteiger partial charge in [-0.2, -0.15) is 0 Å². The molecule has 0 saturated carbocycles. The van der Waals surface area contributed by atoms with Gasteiger partial charge in [-0.1, -0.05) is 44.2 Å². The molecule has 17 heavy (non-hydrogen) atoms. The number of hydrogen-bond donors (Lipinski definition) is 2. The molecule has 2 heteroatoms. The fourth-order valence-corrected chi connectivity index (χ4v) is 3.12. The molecule has 1 aromatic carbocycles. The fourth-order valence-electron chi connectivity index (χ4n) is 3.12. The molecule has 0 heterocycles. The molecule has 1 atom stereocenters. The molecule has 3 N–H and O–H groups in total. The molecule has 0 aliphatic rings. The third-order valence-electron chi connectivity index (χ3n) is 3.93. The summed E-state index contributed by atoms with van der Waals surface area (Å²) in [7, 11) is 0. The molecule has 2 nitrogen and oxygen atoms in total. The molecule has 96 valence electrons. The number of benzene rings is 1. The van der Waals surface area contributed by atoms with E-state index in [1.807, 2.05) is 18.2 Å². The van der Waals surface area contributed by atoms with Crippen molar-refractivity contribution in [1.82, 2.24) is 0 Å². The molecule has 1 aromatic rings. The van der Waals surface area contributed by atoms with Crippen LogP contribution in [0.25, 0.3) is 0 Å². The molecule has 0 fully saturated rings. The van der Waals surface area contributed by atoms with Gasteiger partial charge in [-0.3, -0.25) is 0 Å². The lowest BCUT2D eigenvalue weighted by Gasteiger charge is -2.48. The second-order valence-corrected chi connectivity index (χ2v) is 5.69. The van der Waals surface area contributed by atoms with Gasteiger partial charge in [0.2, 0.25) is 0 Å². The summed E-state index contributed by atoms with van der Waals surface area (Å²) in [5.74, 6) is 0.372. The van der Waals surface area contributed by atoms with E-state index in [4.69, 9.17) is 5.73 Å². The van der Waals surface area contributed by atoms with Crippen molar-refractivity contribution in [2.75, 3.05) is 6.61 Å². The van der Waals surface area contributed by atoms with Crippen molar-refractivity contribution < 1.29 is 5.11 Å². The molecular weight excluding hydrogens is 210 g/mol. The highest BCUT2D eigenvalue weighted by atomic mass is 16.3. The van der Waals surface area contributed by atoms with Crippen LogP contribution in [0.2, 0.25) is 0 Å². The fraction of sp³-hybridized carbons (Fsp3) is 0.600. The molecule has 0 aliphatic carbocycles. The number of nitrogens with two attached hydrogens (primary N) is 1. The summed E-state index contributed by atoms with van der Waals surface area (Å²) in [5, 5.41) is 9.42. The van der Waals surface area contributed by atoms with E-state index in [0.717, 1.165) is 0 Å².